The van der Waals surface area contributed by atoms with Crippen molar-refractivity contribution in [3.8, 4) is 0 Å². The lowest BCUT2D eigenvalue weighted by Crippen LogP contribution is -2.10. The first-order valence-corrected chi connectivity index (χ1v) is 5.38. The Labute approximate surface area is 89.1 Å². The van der Waals surface area contributed by atoms with E-state index in [1.165, 1.54) is 37.3 Å². The van der Waals surface area contributed by atoms with Gasteiger partial charge >= 0.3 is 0 Å². The molecule has 0 aromatic rings. The number of hydrogen-bond acceptors (Lipinski definition) is 2. The van der Waals surface area contributed by atoms with E-state index in [1.54, 1.807) is 14.1 Å². The number of carbonyl (C=O) groups is 1. The zero-order chi connectivity index (χ0) is 11.4. The first-order chi connectivity index (χ1) is 6.58. The highest BCUT2D eigenvalue weighted by Gasteiger charge is 2.03. The van der Waals surface area contributed by atoms with Crippen molar-refractivity contribution in [3.05, 3.63) is 0 Å². The molecule has 86 valence electrons. The quantitative estimate of drug-likeness (QED) is 0.606. The molecule has 1 rings (SSSR count). The summed E-state index contributed by atoms with van der Waals surface area (Å²) in [5.41, 5.74) is 0. The zero-order valence-electron chi connectivity index (χ0n) is 10.4. The van der Waals surface area contributed by atoms with E-state index < -0.39 is 0 Å². The Balaban J connectivity index is 0. The smallest absolute Gasteiger partial charge is 0.209 e. The Morgan fingerprint density at radius 1 is 1.21 bits per heavy atom. The van der Waals surface area contributed by atoms with Crippen LogP contribution >= 0.6 is 0 Å². The second-order valence-corrected chi connectivity index (χ2v) is 3.79. The predicted molar refractivity (Wildman–Crippen MR) is 62.4 cm³/mol. The molecule has 0 aliphatic carbocycles. The second-order valence-electron chi connectivity index (χ2n) is 3.79. The van der Waals surface area contributed by atoms with Gasteiger partial charge in [-0.2, -0.15) is 0 Å². The van der Waals surface area contributed by atoms with Gasteiger partial charge in [0.1, 0.15) is 0 Å². The predicted octanol–water partition coefficient (Wildman–Crippen LogP) is 1.83. The number of nitrogens with zero attached hydrogens (tertiary/aromatic N) is 2. The van der Waals surface area contributed by atoms with Crippen molar-refractivity contribution in [1.82, 2.24) is 9.80 Å². The molecule has 0 bridgehead atoms. The summed E-state index contributed by atoms with van der Waals surface area (Å²) >= 11 is 0. The average molecular weight is 202 g/mol. The molecule has 0 N–H and O–H groups in total. The van der Waals surface area contributed by atoms with Crippen molar-refractivity contribution in [2.24, 2.45) is 0 Å². The van der Waals surface area contributed by atoms with Crippen LogP contribution in [0.3, 0.4) is 0 Å². The van der Waals surface area contributed by atoms with E-state index in [9.17, 15) is 4.79 Å². The number of hydrogen-bond donors (Lipinski definition) is 0. The Morgan fingerprint density at radius 3 is 1.57 bits per heavy atom. The van der Waals surface area contributed by atoms with Crippen LogP contribution in [0.25, 0.3) is 0 Å². The van der Waals surface area contributed by atoms with E-state index in [0.29, 0.717) is 0 Å². The van der Waals surface area contributed by atoms with Crippen molar-refractivity contribution in [2.75, 3.05) is 34.2 Å². The molecule has 1 aliphatic rings. The molecule has 1 aliphatic heterocycles. The molecule has 1 saturated heterocycles. The maximum atomic E-state index is 9.43. The molecule has 0 spiro atoms. The Morgan fingerprint density at radius 2 is 1.50 bits per heavy atom. The van der Waals surface area contributed by atoms with Gasteiger partial charge in [-0.25, -0.2) is 0 Å². The minimum atomic E-state index is 0.750. The van der Waals surface area contributed by atoms with Crippen molar-refractivity contribution in [2.45, 2.75) is 33.1 Å². The molecule has 0 unspecified atom stereocenters. The number of amides is 1. The minimum absolute atomic E-state index is 0.750. The van der Waals surface area contributed by atoms with Crippen molar-refractivity contribution < 1.29 is 4.79 Å². The van der Waals surface area contributed by atoms with Crippen LogP contribution in [0.2, 0.25) is 0 Å². The van der Waals surface area contributed by atoms with Crippen LogP contribution in [0.5, 0.6) is 0 Å². The van der Waals surface area contributed by atoms with Gasteiger partial charge in [0.25, 0.3) is 0 Å². The summed E-state index contributed by atoms with van der Waals surface area (Å²) in [6, 6.07) is 0. The summed E-state index contributed by atoms with van der Waals surface area (Å²) in [5, 5.41) is 0. The summed E-state index contributed by atoms with van der Waals surface area (Å²) in [6.07, 6.45) is 4.83. The molecular formula is C11H26N2O. The van der Waals surface area contributed by atoms with E-state index >= 15 is 0 Å². The highest BCUT2D eigenvalue weighted by Crippen LogP contribution is 2.01. The highest BCUT2D eigenvalue weighted by molar-refractivity contribution is 5.45. The van der Waals surface area contributed by atoms with Crippen LogP contribution < -0.4 is 0 Å². The molecule has 0 radical (unpaired) electrons. The normalized spacial score (nSPS) is 14.6. The van der Waals surface area contributed by atoms with Gasteiger partial charge in [-0.1, -0.05) is 20.3 Å². The van der Waals surface area contributed by atoms with Gasteiger partial charge in [0.05, 0.1) is 0 Å². The van der Waals surface area contributed by atoms with E-state index in [2.05, 4.69) is 25.8 Å². The summed E-state index contributed by atoms with van der Waals surface area (Å²) in [6.45, 7) is 6.89. The molecule has 0 atom stereocenters. The van der Waals surface area contributed by atoms with Crippen LogP contribution in [0.1, 0.15) is 33.1 Å². The van der Waals surface area contributed by atoms with Crippen LogP contribution in [0.4, 0.5) is 0 Å². The monoisotopic (exact) mass is 202 g/mol. The Bertz CT molecular complexity index is 110. The minimum Gasteiger partial charge on any atom is -0.351 e. The van der Waals surface area contributed by atoms with E-state index in [-0.39, 0.29) is 0 Å². The zero-order valence-corrected chi connectivity index (χ0v) is 10.4. The van der Waals surface area contributed by atoms with Crippen LogP contribution in [0, 0.1) is 0 Å². The highest BCUT2D eigenvalue weighted by atomic mass is 16.1. The molecule has 0 aromatic heterocycles. The van der Waals surface area contributed by atoms with Gasteiger partial charge < -0.3 is 9.80 Å². The maximum Gasteiger partial charge on any atom is 0.209 e. The lowest BCUT2D eigenvalue weighted by Gasteiger charge is -2.01. The summed E-state index contributed by atoms with van der Waals surface area (Å²) in [7, 11) is 5.55. The van der Waals surface area contributed by atoms with Gasteiger partial charge in [-0.15, -0.1) is 0 Å². The molecule has 3 heteroatoms. The van der Waals surface area contributed by atoms with Gasteiger partial charge in [-0.3, -0.25) is 4.79 Å². The van der Waals surface area contributed by atoms with Crippen molar-refractivity contribution in [3.63, 3.8) is 0 Å². The van der Waals surface area contributed by atoms with E-state index in [1.807, 2.05) is 0 Å². The lowest BCUT2D eigenvalue weighted by molar-refractivity contribution is -0.115. The van der Waals surface area contributed by atoms with Crippen molar-refractivity contribution in [1.29, 1.82) is 0 Å². The first kappa shape index (κ1) is 15.9. The molecule has 1 amide bonds. The Kier molecular flexibility index (Phi) is 14.1. The fraction of sp³-hybridized carbons (Fsp3) is 0.909. The van der Waals surface area contributed by atoms with Crippen molar-refractivity contribution >= 4 is 6.41 Å². The summed E-state index contributed by atoms with van der Waals surface area (Å²) in [5.74, 6) is 0. The van der Waals surface area contributed by atoms with Gasteiger partial charge in [0, 0.05) is 14.1 Å². The van der Waals surface area contributed by atoms with Gasteiger partial charge in [0.2, 0.25) is 6.41 Å². The largest absolute Gasteiger partial charge is 0.351 e. The first-order valence-electron chi connectivity index (χ1n) is 5.38. The van der Waals surface area contributed by atoms with Crippen LogP contribution in [0.15, 0.2) is 0 Å². The molecule has 1 fully saturated rings. The van der Waals surface area contributed by atoms with Crippen LogP contribution in [-0.4, -0.2) is 50.4 Å². The van der Waals surface area contributed by atoms with Gasteiger partial charge in [-0.05, 0) is 33.0 Å². The molecule has 0 saturated carbocycles. The lowest BCUT2D eigenvalue weighted by atomic mass is 10.4. The van der Waals surface area contributed by atoms with E-state index in [4.69, 9.17) is 0 Å². The molecule has 3 nitrogen and oxygen atoms in total. The molecular weight excluding hydrogens is 176 g/mol. The fourth-order valence-electron chi connectivity index (χ4n) is 0.875. The van der Waals surface area contributed by atoms with Crippen LogP contribution in [-0.2, 0) is 4.79 Å². The molecule has 0 aromatic carbocycles. The SMILES string of the molecule is CCC.CN(C)C=O.CN1CCCC1. The fourth-order valence-corrected chi connectivity index (χ4v) is 0.875. The maximum absolute atomic E-state index is 9.43. The standard InChI is InChI=1S/C5H11N.C3H7NO.C3H8/c1-6-4-2-3-5-6;1-4(2)3-5;1-3-2/h2-5H2,1H3;3H,1-2H3;3H2,1-2H3. The number of likely N-dealkylation sites (tertiary alicyclic amines) is 1. The average Bonchev–Trinajstić information content (AvgIpc) is 2.58. The third-order valence-electron chi connectivity index (χ3n) is 1.54. The summed E-state index contributed by atoms with van der Waals surface area (Å²) < 4.78 is 0. The molecule has 1 heterocycles. The topological polar surface area (TPSA) is 23.6 Å². The third kappa shape index (κ3) is 17.5. The number of rotatable bonds is 1. The van der Waals surface area contributed by atoms with E-state index in [0.717, 1.165) is 6.41 Å². The second kappa shape index (κ2) is 12.4. The van der Waals surface area contributed by atoms with Gasteiger partial charge in [0.15, 0.2) is 0 Å². The number of carbonyl (C=O) groups excluding carboxylic acids is 1. The molecule has 14 heavy (non-hydrogen) atoms. The third-order valence-corrected chi connectivity index (χ3v) is 1.54. The Hall–Kier alpha value is -0.570. The summed E-state index contributed by atoms with van der Waals surface area (Å²) in [4.78, 5) is 13.2.